The Kier molecular flexibility index (Phi) is 4.09. The minimum Gasteiger partial charge on any atom is -0.384 e. The summed E-state index contributed by atoms with van der Waals surface area (Å²) in [7, 11) is 0. The van der Waals surface area contributed by atoms with Crippen LogP contribution in [0.4, 0.5) is 10.1 Å². The lowest BCUT2D eigenvalue weighted by Crippen LogP contribution is -2.07. The van der Waals surface area contributed by atoms with Gasteiger partial charge in [0.2, 0.25) is 0 Å². The number of benzene rings is 1. The van der Waals surface area contributed by atoms with Crippen molar-refractivity contribution in [2.45, 2.75) is 33.6 Å². The molecule has 0 aliphatic heterocycles. The number of pyridine rings is 1. The first kappa shape index (κ1) is 14.3. The molecule has 0 aliphatic carbocycles. The molecule has 2 rings (SSSR count). The van der Waals surface area contributed by atoms with Gasteiger partial charge in [-0.1, -0.05) is 29.8 Å². The molecule has 1 aromatic heterocycles. The number of hydrogen-bond donors (Lipinski definition) is 1. The first-order chi connectivity index (χ1) is 8.97. The Labute approximate surface area is 121 Å². The molecule has 102 valence electrons. The van der Waals surface area contributed by atoms with Gasteiger partial charge < -0.3 is 5.32 Å². The fourth-order valence-corrected chi connectivity index (χ4v) is 3.02. The number of halogens is 2. The van der Waals surface area contributed by atoms with Crippen LogP contribution in [0.25, 0.3) is 10.9 Å². The zero-order valence-electron chi connectivity index (χ0n) is 11.6. The van der Waals surface area contributed by atoms with E-state index in [0.717, 1.165) is 33.3 Å². The fourth-order valence-electron chi connectivity index (χ4n) is 2.50. The normalized spacial score (nSPS) is 11.3. The van der Waals surface area contributed by atoms with Crippen LogP contribution in [-0.4, -0.2) is 11.5 Å². The quantitative estimate of drug-likeness (QED) is 0.859. The lowest BCUT2D eigenvalue weighted by molar-refractivity contribution is 0.636. The molecular formula is C15H18BrFN2. The van der Waals surface area contributed by atoms with E-state index in [4.69, 9.17) is 0 Å². The molecule has 1 heterocycles. The topological polar surface area (TPSA) is 24.9 Å². The van der Waals surface area contributed by atoms with Gasteiger partial charge in [-0.15, -0.1) is 0 Å². The van der Waals surface area contributed by atoms with E-state index < -0.39 is 0 Å². The maximum absolute atomic E-state index is 14.0. The standard InChI is InChI=1S/C15H18BrFN2/c1-5-18-15-12(8(2)3)9(4)19-14-11(17)7-6-10(16)13(14)15/h6-8H,5H2,1-4H3,(H,18,19). The van der Waals surface area contributed by atoms with Crippen LogP contribution in [0.2, 0.25) is 0 Å². The average molecular weight is 325 g/mol. The van der Waals surface area contributed by atoms with Gasteiger partial charge in [0.15, 0.2) is 0 Å². The SMILES string of the molecule is CCNc1c(C(C)C)c(C)nc2c(F)ccc(Br)c12. The van der Waals surface area contributed by atoms with Gasteiger partial charge in [-0.2, -0.15) is 0 Å². The van der Waals surface area contributed by atoms with Crippen molar-refractivity contribution in [3.63, 3.8) is 0 Å². The number of rotatable bonds is 3. The predicted octanol–water partition coefficient (Wildman–Crippen LogP) is 5.00. The van der Waals surface area contributed by atoms with Gasteiger partial charge in [-0.25, -0.2) is 9.37 Å². The number of hydrogen-bond acceptors (Lipinski definition) is 2. The average Bonchev–Trinajstić information content (AvgIpc) is 2.33. The Balaban J connectivity index is 2.94. The second-order valence-electron chi connectivity index (χ2n) is 4.92. The van der Waals surface area contributed by atoms with E-state index >= 15 is 0 Å². The van der Waals surface area contributed by atoms with Crippen LogP contribution in [0.5, 0.6) is 0 Å². The molecule has 0 spiro atoms. The predicted molar refractivity (Wildman–Crippen MR) is 82.4 cm³/mol. The van der Waals surface area contributed by atoms with Crippen LogP contribution in [0.3, 0.4) is 0 Å². The number of aryl methyl sites for hydroxylation is 1. The smallest absolute Gasteiger partial charge is 0.149 e. The molecule has 0 fully saturated rings. The van der Waals surface area contributed by atoms with Crippen LogP contribution in [0, 0.1) is 12.7 Å². The Hall–Kier alpha value is -1.16. The van der Waals surface area contributed by atoms with Crippen molar-refractivity contribution in [1.29, 1.82) is 0 Å². The molecule has 0 aliphatic rings. The van der Waals surface area contributed by atoms with Gasteiger partial charge in [-0.3, -0.25) is 0 Å². The summed E-state index contributed by atoms with van der Waals surface area (Å²) in [5, 5.41) is 4.20. The maximum Gasteiger partial charge on any atom is 0.149 e. The van der Waals surface area contributed by atoms with Crippen molar-refractivity contribution in [2.75, 3.05) is 11.9 Å². The molecule has 19 heavy (non-hydrogen) atoms. The summed E-state index contributed by atoms with van der Waals surface area (Å²) in [4.78, 5) is 4.46. The second-order valence-corrected chi connectivity index (χ2v) is 5.78. The zero-order chi connectivity index (χ0) is 14.2. The molecule has 0 radical (unpaired) electrons. The summed E-state index contributed by atoms with van der Waals surface area (Å²) in [5.41, 5.74) is 3.45. The highest BCUT2D eigenvalue weighted by Gasteiger charge is 2.18. The van der Waals surface area contributed by atoms with Gasteiger partial charge in [0.25, 0.3) is 0 Å². The minimum atomic E-state index is -0.282. The van der Waals surface area contributed by atoms with Gasteiger partial charge in [0, 0.05) is 22.1 Å². The molecule has 0 amide bonds. The van der Waals surface area contributed by atoms with Crippen LogP contribution in [0.15, 0.2) is 16.6 Å². The summed E-state index contributed by atoms with van der Waals surface area (Å²) in [6.07, 6.45) is 0. The van der Waals surface area contributed by atoms with E-state index in [9.17, 15) is 4.39 Å². The number of aromatic nitrogens is 1. The Morgan fingerprint density at radius 1 is 1.37 bits per heavy atom. The van der Waals surface area contributed by atoms with E-state index in [1.807, 2.05) is 13.8 Å². The van der Waals surface area contributed by atoms with E-state index in [2.05, 4.69) is 40.1 Å². The largest absolute Gasteiger partial charge is 0.384 e. The minimum absolute atomic E-state index is 0.282. The maximum atomic E-state index is 14.0. The van der Waals surface area contributed by atoms with Crippen molar-refractivity contribution in [3.05, 3.63) is 33.7 Å². The Bertz CT molecular complexity index is 623. The first-order valence-electron chi connectivity index (χ1n) is 6.49. The van der Waals surface area contributed by atoms with Gasteiger partial charge in [0.1, 0.15) is 11.3 Å². The third kappa shape index (κ3) is 2.46. The van der Waals surface area contributed by atoms with E-state index in [0.29, 0.717) is 11.4 Å². The highest BCUT2D eigenvalue weighted by molar-refractivity contribution is 9.10. The lowest BCUT2D eigenvalue weighted by Gasteiger charge is -2.19. The van der Waals surface area contributed by atoms with Gasteiger partial charge >= 0.3 is 0 Å². The molecule has 2 nitrogen and oxygen atoms in total. The van der Waals surface area contributed by atoms with E-state index in [1.54, 1.807) is 6.07 Å². The highest BCUT2D eigenvalue weighted by atomic mass is 79.9. The lowest BCUT2D eigenvalue weighted by atomic mass is 9.96. The Morgan fingerprint density at radius 2 is 2.05 bits per heavy atom. The van der Waals surface area contributed by atoms with E-state index in [1.165, 1.54) is 6.07 Å². The summed E-state index contributed by atoms with van der Waals surface area (Å²) in [6.45, 7) is 9.03. The van der Waals surface area contributed by atoms with Crippen molar-refractivity contribution in [1.82, 2.24) is 4.98 Å². The second kappa shape index (κ2) is 5.45. The van der Waals surface area contributed by atoms with Gasteiger partial charge in [0.05, 0.1) is 5.69 Å². The Morgan fingerprint density at radius 3 is 2.63 bits per heavy atom. The number of nitrogens with one attached hydrogen (secondary N) is 1. The van der Waals surface area contributed by atoms with Crippen molar-refractivity contribution < 1.29 is 4.39 Å². The van der Waals surface area contributed by atoms with Crippen LogP contribution in [0.1, 0.15) is 37.9 Å². The third-order valence-electron chi connectivity index (χ3n) is 3.20. The van der Waals surface area contributed by atoms with Crippen molar-refractivity contribution >= 4 is 32.5 Å². The molecule has 0 saturated heterocycles. The fraction of sp³-hybridized carbons (Fsp3) is 0.400. The van der Waals surface area contributed by atoms with Crippen molar-refractivity contribution in [3.8, 4) is 0 Å². The van der Waals surface area contributed by atoms with Crippen molar-refractivity contribution in [2.24, 2.45) is 0 Å². The number of anilines is 1. The third-order valence-corrected chi connectivity index (χ3v) is 3.86. The van der Waals surface area contributed by atoms with Crippen LogP contribution >= 0.6 is 15.9 Å². The summed E-state index contributed by atoms with van der Waals surface area (Å²) in [6, 6.07) is 3.18. The van der Waals surface area contributed by atoms with Crippen LogP contribution < -0.4 is 5.32 Å². The molecule has 0 bridgehead atoms. The molecule has 1 N–H and O–H groups in total. The molecule has 0 unspecified atom stereocenters. The summed E-state index contributed by atoms with van der Waals surface area (Å²) >= 11 is 3.51. The molecule has 0 atom stereocenters. The van der Waals surface area contributed by atoms with E-state index in [-0.39, 0.29) is 5.82 Å². The first-order valence-corrected chi connectivity index (χ1v) is 7.28. The summed E-state index contributed by atoms with van der Waals surface area (Å²) < 4.78 is 14.9. The monoisotopic (exact) mass is 324 g/mol. The molecule has 2 aromatic rings. The number of nitrogens with zero attached hydrogens (tertiary/aromatic N) is 1. The molecule has 4 heteroatoms. The molecule has 1 aromatic carbocycles. The molecule has 0 saturated carbocycles. The zero-order valence-corrected chi connectivity index (χ0v) is 13.2. The molecular weight excluding hydrogens is 307 g/mol. The van der Waals surface area contributed by atoms with Crippen LogP contribution in [-0.2, 0) is 0 Å². The van der Waals surface area contributed by atoms with Gasteiger partial charge in [-0.05, 0) is 37.5 Å². The highest BCUT2D eigenvalue weighted by Crippen LogP contribution is 2.38. The number of fused-ring (bicyclic) bond motifs is 1. The summed E-state index contributed by atoms with van der Waals surface area (Å²) in [5.74, 6) is 0.0527.